The van der Waals surface area contributed by atoms with E-state index in [1.807, 2.05) is 0 Å². The lowest BCUT2D eigenvalue weighted by Gasteiger charge is -2.24. The first kappa shape index (κ1) is 22.4. The van der Waals surface area contributed by atoms with Gasteiger partial charge < -0.3 is 9.64 Å². The Balaban J connectivity index is 1.69. The van der Waals surface area contributed by atoms with Crippen LogP contribution in [0.25, 0.3) is 16.9 Å². The second-order valence-electron chi connectivity index (χ2n) is 7.60. The molecule has 1 aliphatic rings. The fraction of sp³-hybridized carbons (Fsp3) is 0.304. The van der Waals surface area contributed by atoms with Crippen LogP contribution in [0.5, 0.6) is 0 Å². The highest BCUT2D eigenvalue weighted by Gasteiger charge is 2.35. The van der Waals surface area contributed by atoms with Crippen molar-refractivity contribution < 1.29 is 22.7 Å². The summed E-state index contributed by atoms with van der Waals surface area (Å²) in [5.41, 5.74) is 0.491. The molecule has 0 radical (unpaired) electrons. The van der Waals surface area contributed by atoms with E-state index in [1.54, 1.807) is 60.5 Å². The lowest BCUT2D eigenvalue weighted by molar-refractivity contribution is -0.141. The third kappa shape index (κ3) is 4.38. The largest absolute Gasteiger partial charge is 0.435 e. The monoisotopic (exact) mass is 463 g/mol. The topological polar surface area (TPSA) is 47.4 Å². The molecule has 0 aliphatic carbocycles. The van der Waals surface area contributed by atoms with E-state index >= 15 is 0 Å². The maximum absolute atomic E-state index is 13.4. The minimum Gasteiger partial charge on any atom is -0.383 e. The van der Waals surface area contributed by atoms with Gasteiger partial charge in [-0.25, -0.2) is 4.68 Å². The van der Waals surface area contributed by atoms with Gasteiger partial charge in [0, 0.05) is 24.8 Å². The standard InChI is InChI=1S/C23H21ClF3N3O2/c1-32-14-17-5-4-12-29(17)22(31)16-10-8-15(9-11-16)20-13-21(23(25,26)27)28-30(20)19-7-3-2-6-18(19)24/h2-3,6-11,13,17H,4-5,12,14H2,1H3. The van der Waals surface area contributed by atoms with Crippen LogP contribution in [-0.2, 0) is 10.9 Å². The van der Waals surface area contributed by atoms with Crippen molar-refractivity contribution in [3.8, 4) is 16.9 Å². The molecule has 2 aromatic carbocycles. The molecular formula is C23H21ClF3N3O2. The summed E-state index contributed by atoms with van der Waals surface area (Å²) in [5.74, 6) is -0.119. The van der Waals surface area contributed by atoms with Gasteiger partial charge in [0.15, 0.2) is 5.69 Å². The minimum absolute atomic E-state index is 0.0307. The van der Waals surface area contributed by atoms with E-state index in [2.05, 4.69) is 5.10 Å². The van der Waals surface area contributed by atoms with Crippen molar-refractivity contribution in [3.63, 3.8) is 0 Å². The van der Waals surface area contributed by atoms with Gasteiger partial charge in [-0.1, -0.05) is 35.9 Å². The van der Waals surface area contributed by atoms with E-state index in [1.165, 1.54) is 4.68 Å². The number of halogens is 4. The summed E-state index contributed by atoms with van der Waals surface area (Å²) >= 11 is 6.22. The van der Waals surface area contributed by atoms with Crippen LogP contribution in [0.4, 0.5) is 13.2 Å². The zero-order valence-corrected chi connectivity index (χ0v) is 18.0. The molecule has 3 aromatic rings. The van der Waals surface area contributed by atoms with Crippen molar-refractivity contribution >= 4 is 17.5 Å². The molecule has 1 saturated heterocycles. The number of benzene rings is 2. The minimum atomic E-state index is -4.61. The molecule has 5 nitrogen and oxygen atoms in total. The van der Waals surface area contributed by atoms with Gasteiger partial charge in [0.1, 0.15) is 0 Å². The van der Waals surface area contributed by atoms with Gasteiger partial charge in [0.25, 0.3) is 5.91 Å². The van der Waals surface area contributed by atoms with Crippen molar-refractivity contribution in [1.29, 1.82) is 0 Å². The number of methoxy groups -OCH3 is 1. The van der Waals surface area contributed by atoms with E-state index in [9.17, 15) is 18.0 Å². The predicted molar refractivity (Wildman–Crippen MR) is 115 cm³/mol. The van der Waals surface area contributed by atoms with Crippen LogP contribution in [-0.4, -0.2) is 46.9 Å². The molecular weight excluding hydrogens is 443 g/mol. The number of carbonyl (C=O) groups excluding carboxylic acids is 1. The van der Waals surface area contributed by atoms with Gasteiger partial charge in [-0.3, -0.25) is 4.79 Å². The van der Waals surface area contributed by atoms with Crippen LogP contribution < -0.4 is 0 Å². The Morgan fingerprint density at radius 1 is 1.19 bits per heavy atom. The predicted octanol–water partition coefficient (Wildman–Crippen LogP) is 5.46. The van der Waals surface area contributed by atoms with E-state index < -0.39 is 11.9 Å². The number of carbonyl (C=O) groups is 1. The number of ether oxygens (including phenoxy) is 1. The number of rotatable bonds is 5. The molecule has 1 amide bonds. The maximum Gasteiger partial charge on any atom is 0.435 e. The molecule has 168 valence electrons. The molecule has 1 atom stereocenters. The van der Waals surface area contributed by atoms with E-state index in [-0.39, 0.29) is 22.7 Å². The third-order valence-corrected chi connectivity index (χ3v) is 5.82. The quantitative estimate of drug-likeness (QED) is 0.504. The fourth-order valence-electron chi connectivity index (χ4n) is 3.95. The van der Waals surface area contributed by atoms with Crippen LogP contribution in [0.3, 0.4) is 0 Å². The molecule has 2 heterocycles. The molecule has 9 heteroatoms. The zero-order valence-electron chi connectivity index (χ0n) is 17.3. The molecule has 0 spiro atoms. The van der Waals surface area contributed by atoms with Crippen LogP contribution in [0.1, 0.15) is 28.9 Å². The molecule has 0 saturated carbocycles. The molecule has 1 fully saturated rings. The first-order valence-corrected chi connectivity index (χ1v) is 10.5. The molecule has 1 aliphatic heterocycles. The molecule has 0 N–H and O–H groups in total. The summed E-state index contributed by atoms with van der Waals surface area (Å²) in [4.78, 5) is 14.7. The van der Waals surface area contributed by atoms with E-state index in [0.717, 1.165) is 18.9 Å². The Morgan fingerprint density at radius 2 is 1.91 bits per heavy atom. The van der Waals surface area contributed by atoms with Gasteiger partial charge >= 0.3 is 6.18 Å². The lowest BCUT2D eigenvalue weighted by atomic mass is 10.1. The van der Waals surface area contributed by atoms with Gasteiger partial charge in [-0.05, 0) is 43.2 Å². The highest BCUT2D eigenvalue weighted by atomic mass is 35.5. The Bertz CT molecular complexity index is 1110. The number of hydrogen-bond acceptors (Lipinski definition) is 3. The normalized spacial score (nSPS) is 16.5. The Hall–Kier alpha value is -2.84. The van der Waals surface area contributed by atoms with Crippen molar-refractivity contribution in [1.82, 2.24) is 14.7 Å². The number of hydrogen-bond donors (Lipinski definition) is 0. The number of para-hydroxylation sites is 1. The lowest BCUT2D eigenvalue weighted by Crippen LogP contribution is -2.38. The number of likely N-dealkylation sites (tertiary alicyclic amines) is 1. The summed E-state index contributed by atoms with van der Waals surface area (Å²) in [7, 11) is 1.60. The second-order valence-corrected chi connectivity index (χ2v) is 8.01. The highest BCUT2D eigenvalue weighted by molar-refractivity contribution is 6.32. The second kappa shape index (κ2) is 8.96. The van der Waals surface area contributed by atoms with Crippen LogP contribution in [0, 0.1) is 0 Å². The number of nitrogens with zero attached hydrogens (tertiary/aromatic N) is 3. The molecule has 1 unspecified atom stereocenters. The summed E-state index contributed by atoms with van der Waals surface area (Å²) in [6.07, 6.45) is -2.81. The number of aromatic nitrogens is 2. The summed E-state index contributed by atoms with van der Waals surface area (Å²) in [6.45, 7) is 1.13. The average Bonchev–Trinajstić information content (AvgIpc) is 3.41. The highest BCUT2D eigenvalue weighted by Crippen LogP contribution is 2.34. The Labute approximate surface area is 188 Å². The van der Waals surface area contributed by atoms with Crippen LogP contribution in [0.15, 0.2) is 54.6 Å². The van der Waals surface area contributed by atoms with Crippen LogP contribution >= 0.6 is 11.6 Å². The fourth-order valence-corrected chi connectivity index (χ4v) is 4.17. The van der Waals surface area contributed by atoms with E-state index in [4.69, 9.17) is 16.3 Å². The van der Waals surface area contributed by atoms with Crippen LogP contribution in [0.2, 0.25) is 5.02 Å². The summed E-state index contributed by atoms with van der Waals surface area (Å²) < 4.78 is 46.5. The summed E-state index contributed by atoms with van der Waals surface area (Å²) in [6, 6.07) is 14.1. The first-order chi connectivity index (χ1) is 15.3. The zero-order chi connectivity index (χ0) is 22.9. The third-order valence-electron chi connectivity index (χ3n) is 5.51. The van der Waals surface area contributed by atoms with Crippen molar-refractivity contribution in [2.24, 2.45) is 0 Å². The smallest absolute Gasteiger partial charge is 0.383 e. The van der Waals surface area contributed by atoms with E-state index in [0.29, 0.717) is 30.0 Å². The average molecular weight is 464 g/mol. The van der Waals surface area contributed by atoms with Gasteiger partial charge in [-0.15, -0.1) is 0 Å². The Morgan fingerprint density at radius 3 is 2.56 bits per heavy atom. The summed E-state index contributed by atoms with van der Waals surface area (Å²) in [5, 5.41) is 4.03. The van der Waals surface area contributed by atoms with Gasteiger partial charge in [0.05, 0.1) is 29.1 Å². The molecule has 4 rings (SSSR count). The molecule has 32 heavy (non-hydrogen) atoms. The molecule has 0 bridgehead atoms. The van der Waals surface area contributed by atoms with Crippen molar-refractivity contribution in [2.45, 2.75) is 25.1 Å². The number of alkyl halides is 3. The SMILES string of the molecule is COCC1CCCN1C(=O)c1ccc(-c2cc(C(F)(F)F)nn2-c2ccccc2Cl)cc1. The molecule has 1 aromatic heterocycles. The maximum atomic E-state index is 13.4. The van der Waals surface area contributed by atoms with Gasteiger partial charge in [-0.2, -0.15) is 18.3 Å². The number of amides is 1. The first-order valence-electron chi connectivity index (χ1n) is 10.1. The van der Waals surface area contributed by atoms with Crippen molar-refractivity contribution in [3.05, 3.63) is 70.9 Å². The van der Waals surface area contributed by atoms with Crippen molar-refractivity contribution in [2.75, 3.05) is 20.3 Å². The Kier molecular flexibility index (Phi) is 6.26. The van der Waals surface area contributed by atoms with Gasteiger partial charge in [0.2, 0.25) is 0 Å².